The molecule has 1 aliphatic rings. The van der Waals surface area contributed by atoms with E-state index in [1.54, 1.807) is 0 Å². The molecular formula is C12H28N2O. The maximum Gasteiger partial charge on any atom is 0.0718 e. The van der Waals surface area contributed by atoms with Gasteiger partial charge in [0.05, 0.1) is 5.60 Å². The van der Waals surface area contributed by atoms with Crippen LogP contribution >= 0.6 is 0 Å². The normalized spacial score (nSPS) is 18.6. The Bertz CT molecular complexity index is 143. The highest BCUT2D eigenvalue weighted by atomic mass is 16.3. The summed E-state index contributed by atoms with van der Waals surface area (Å²) >= 11 is 0. The van der Waals surface area contributed by atoms with E-state index >= 15 is 0 Å². The monoisotopic (exact) mass is 216 g/mol. The average molecular weight is 216 g/mol. The van der Waals surface area contributed by atoms with Crippen molar-refractivity contribution in [1.82, 2.24) is 10.2 Å². The lowest BCUT2D eigenvalue weighted by molar-refractivity contribution is 0.0325. The third-order valence-corrected chi connectivity index (χ3v) is 1.82. The zero-order valence-corrected chi connectivity index (χ0v) is 11.0. The summed E-state index contributed by atoms with van der Waals surface area (Å²) in [7, 11) is 0. The Balaban J connectivity index is 0.000000423. The smallest absolute Gasteiger partial charge is 0.0718 e. The van der Waals surface area contributed by atoms with E-state index in [1.165, 1.54) is 0 Å². The van der Waals surface area contributed by atoms with Crippen molar-refractivity contribution in [3.05, 3.63) is 0 Å². The maximum absolute atomic E-state index is 9.51. The lowest BCUT2D eigenvalue weighted by atomic mass is 10.1. The molecule has 92 valence electrons. The lowest BCUT2D eigenvalue weighted by Gasteiger charge is -2.32. The van der Waals surface area contributed by atoms with Crippen molar-refractivity contribution in [3.8, 4) is 0 Å². The minimum absolute atomic E-state index is 0.544. The molecule has 0 atom stereocenters. The highest BCUT2D eigenvalue weighted by molar-refractivity contribution is 4.75. The second-order valence-electron chi connectivity index (χ2n) is 5.57. The SMILES string of the molecule is CC(C)(O)CN1CCNCC1.CC(C)C. The Labute approximate surface area is 94.9 Å². The number of hydrogen-bond acceptors (Lipinski definition) is 3. The fourth-order valence-corrected chi connectivity index (χ4v) is 1.42. The number of rotatable bonds is 2. The molecule has 0 unspecified atom stereocenters. The molecule has 0 spiro atoms. The molecule has 0 aromatic heterocycles. The van der Waals surface area contributed by atoms with Crippen LogP contribution in [-0.2, 0) is 0 Å². The topological polar surface area (TPSA) is 35.5 Å². The first-order valence-electron chi connectivity index (χ1n) is 5.97. The van der Waals surface area contributed by atoms with Crippen LogP contribution in [0.25, 0.3) is 0 Å². The number of β-amino-alcohol motifs (C(OH)–C–C–N with tert-alkyl or cyclic N) is 1. The predicted molar refractivity (Wildman–Crippen MR) is 66.1 cm³/mol. The first-order chi connectivity index (χ1) is 6.81. The average Bonchev–Trinajstić information content (AvgIpc) is 2.01. The zero-order valence-electron chi connectivity index (χ0n) is 11.0. The molecule has 0 bridgehead atoms. The third-order valence-electron chi connectivity index (χ3n) is 1.82. The van der Waals surface area contributed by atoms with Crippen molar-refractivity contribution in [2.75, 3.05) is 32.7 Å². The van der Waals surface area contributed by atoms with Gasteiger partial charge in [-0.05, 0) is 19.8 Å². The van der Waals surface area contributed by atoms with Crippen LogP contribution in [0.4, 0.5) is 0 Å². The molecule has 0 amide bonds. The molecule has 2 N–H and O–H groups in total. The molecule has 1 saturated heterocycles. The molecule has 1 rings (SSSR count). The summed E-state index contributed by atoms with van der Waals surface area (Å²) in [5, 5.41) is 12.8. The summed E-state index contributed by atoms with van der Waals surface area (Å²) in [5.41, 5.74) is -0.544. The van der Waals surface area contributed by atoms with Crippen molar-refractivity contribution in [3.63, 3.8) is 0 Å². The van der Waals surface area contributed by atoms with Gasteiger partial charge in [-0.3, -0.25) is 4.90 Å². The van der Waals surface area contributed by atoms with E-state index in [-0.39, 0.29) is 0 Å². The van der Waals surface area contributed by atoms with Gasteiger partial charge >= 0.3 is 0 Å². The second kappa shape index (κ2) is 7.20. The third kappa shape index (κ3) is 11.8. The Morgan fingerprint density at radius 2 is 1.60 bits per heavy atom. The minimum Gasteiger partial charge on any atom is -0.389 e. The molecule has 0 radical (unpaired) electrons. The van der Waals surface area contributed by atoms with E-state index in [0.717, 1.165) is 38.6 Å². The van der Waals surface area contributed by atoms with Gasteiger partial charge < -0.3 is 10.4 Å². The fourth-order valence-electron chi connectivity index (χ4n) is 1.42. The van der Waals surface area contributed by atoms with Gasteiger partial charge in [0, 0.05) is 32.7 Å². The van der Waals surface area contributed by atoms with E-state index < -0.39 is 5.60 Å². The summed E-state index contributed by atoms with van der Waals surface area (Å²) in [4.78, 5) is 2.29. The Morgan fingerprint density at radius 1 is 1.20 bits per heavy atom. The van der Waals surface area contributed by atoms with Crippen LogP contribution in [0.2, 0.25) is 0 Å². The van der Waals surface area contributed by atoms with Crippen LogP contribution in [0.3, 0.4) is 0 Å². The highest BCUT2D eigenvalue weighted by Gasteiger charge is 2.18. The minimum atomic E-state index is -0.544. The fraction of sp³-hybridized carbons (Fsp3) is 1.00. The molecule has 3 heteroatoms. The van der Waals surface area contributed by atoms with Crippen LogP contribution in [0.5, 0.6) is 0 Å². The second-order valence-corrected chi connectivity index (χ2v) is 5.57. The molecule has 3 nitrogen and oxygen atoms in total. The van der Waals surface area contributed by atoms with E-state index in [4.69, 9.17) is 0 Å². The van der Waals surface area contributed by atoms with Gasteiger partial charge in [0.1, 0.15) is 0 Å². The van der Waals surface area contributed by atoms with Crippen LogP contribution in [-0.4, -0.2) is 48.3 Å². The number of nitrogens with zero attached hydrogens (tertiary/aromatic N) is 1. The van der Waals surface area contributed by atoms with Crippen molar-refractivity contribution in [2.24, 2.45) is 5.92 Å². The van der Waals surface area contributed by atoms with E-state index in [2.05, 4.69) is 31.0 Å². The van der Waals surface area contributed by atoms with Crippen LogP contribution in [0, 0.1) is 5.92 Å². The van der Waals surface area contributed by atoms with Gasteiger partial charge in [-0.1, -0.05) is 20.8 Å². The van der Waals surface area contributed by atoms with Gasteiger partial charge in [0.25, 0.3) is 0 Å². The Morgan fingerprint density at radius 3 is 1.93 bits per heavy atom. The molecule has 0 aliphatic carbocycles. The molecule has 1 fully saturated rings. The first-order valence-corrected chi connectivity index (χ1v) is 5.97. The molecule has 1 heterocycles. The van der Waals surface area contributed by atoms with Crippen molar-refractivity contribution >= 4 is 0 Å². The number of aliphatic hydroxyl groups is 1. The number of hydrogen-bond donors (Lipinski definition) is 2. The highest BCUT2D eigenvalue weighted by Crippen LogP contribution is 2.04. The van der Waals surface area contributed by atoms with Crippen molar-refractivity contribution < 1.29 is 5.11 Å². The van der Waals surface area contributed by atoms with Crippen LogP contribution in [0.1, 0.15) is 34.6 Å². The van der Waals surface area contributed by atoms with Crippen LogP contribution < -0.4 is 5.32 Å². The summed E-state index contributed by atoms with van der Waals surface area (Å²) in [5.74, 6) is 0.833. The molecule has 15 heavy (non-hydrogen) atoms. The van der Waals surface area contributed by atoms with Gasteiger partial charge in [-0.2, -0.15) is 0 Å². The first kappa shape index (κ1) is 14.9. The zero-order chi connectivity index (χ0) is 11.9. The number of piperazine rings is 1. The van der Waals surface area contributed by atoms with E-state index in [9.17, 15) is 5.11 Å². The van der Waals surface area contributed by atoms with Gasteiger partial charge in [0.15, 0.2) is 0 Å². The molecule has 1 aliphatic heterocycles. The summed E-state index contributed by atoms with van der Waals surface area (Å²) in [6, 6.07) is 0. The van der Waals surface area contributed by atoms with Gasteiger partial charge in [-0.15, -0.1) is 0 Å². The summed E-state index contributed by atoms with van der Waals surface area (Å²) in [6.45, 7) is 15.2. The maximum atomic E-state index is 9.51. The standard InChI is InChI=1S/C8H18N2O.C4H10/c1-8(2,11)7-10-5-3-9-4-6-10;1-4(2)3/h9,11H,3-7H2,1-2H3;4H,1-3H3. The van der Waals surface area contributed by atoms with E-state index in [1.807, 2.05) is 13.8 Å². The molecule has 0 aromatic carbocycles. The van der Waals surface area contributed by atoms with Gasteiger partial charge in [-0.25, -0.2) is 0 Å². The van der Waals surface area contributed by atoms with Crippen LogP contribution in [0.15, 0.2) is 0 Å². The molecular weight excluding hydrogens is 188 g/mol. The Kier molecular flexibility index (Phi) is 7.14. The summed E-state index contributed by atoms with van der Waals surface area (Å²) in [6.07, 6.45) is 0. The van der Waals surface area contributed by atoms with Gasteiger partial charge in [0.2, 0.25) is 0 Å². The molecule has 0 aromatic rings. The number of nitrogens with one attached hydrogen (secondary N) is 1. The van der Waals surface area contributed by atoms with Crippen molar-refractivity contribution in [2.45, 2.75) is 40.2 Å². The summed E-state index contributed by atoms with van der Waals surface area (Å²) < 4.78 is 0. The Hall–Kier alpha value is -0.120. The quantitative estimate of drug-likeness (QED) is 0.731. The molecule has 0 saturated carbocycles. The predicted octanol–water partition coefficient (Wildman–Crippen LogP) is 1.32. The largest absolute Gasteiger partial charge is 0.389 e. The lowest BCUT2D eigenvalue weighted by Crippen LogP contribution is -2.48. The van der Waals surface area contributed by atoms with Crippen molar-refractivity contribution in [1.29, 1.82) is 0 Å². The van der Waals surface area contributed by atoms with E-state index in [0.29, 0.717) is 0 Å².